The van der Waals surface area contributed by atoms with Crippen LogP contribution in [0.15, 0.2) is 36.5 Å². The summed E-state index contributed by atoms with van der Waals surface area (Å²) < 4.78 is 31.3. The van der Waals surface area contributed by atoms with Gasteiger partial charge >= 0.3 is 17.9 Å². The number of ether oxygens (including phenoxy) is 6. The van der Waals surface area contributed by atoms with Gasteiger partial charge in [-0.2, -0.15) is 0 Å². The van der Waals surface area contributed by atoms with E-state index in [0.29, 0.717) is 0 Å². The Bertz CT molecular complexity index is 997. The molecule has 2 saturated heterocycles. The van der Waals surface area contributed by atoms with Crippen molar-refractivity contribution in [2.24, 2.45) is 0 Å². The topological polar surface area (TPSA) is 248 Å². The molecule has 7 N–H and O–H groups in total. The van der Waals surface area contributed by atoms with Crippen LogP contribution in [0.5, 0.6) is 0 Å². The van der Waals surface area contributed by atoms with E-state index in [1.165, 1.54) is 0 Å². The summed E-state index contributed by atoms with van der Waals surface area (Å²) in [6.07, 6.45) is -13.6. The number of esters is 3. The first-order chi connectivity index (χ1) is 20.3. The third-order valence-corrected chi connectivity index (χ3v) is 6.65. The lowest BCUT2D eigenvalue weighted by Crippen LogP contribution is -2.59. The maximum atomic E-state index is 12.5. The van der Waals surface area contributed by atoms with E-state index in [2.05, 4.69) is 19.7 Å². The average Bonchev–Trinajstić information content (AvgIpc) is 2.98. The molecular formula is C27H40O16. The smallest absolute Gasteiger partial charge is 0.333 e. The Balaban J connectivity index is 1.80. The van der Waals surface area contributed by atoms with E-state index in [1.54, 1.807) is 0 Å². The van der Waals surface area contributed by atoms with Crippen molar-refractivity contribution in [3.63, 3.8) is 0 Å². The summed E-state index contributed by atoms with van der Waals surface area (Å²) in [6.45, 7) is 8.32. The summed E-state index contributed by atoms with van der Waals surface area (Å²) in [5.41, 5.74) is -0.127. The molecule has 2 aliphatic rings. The average molecular weight is 621 g/mol. The first-order valence-electron chi connectivity index (χ1n) is 13.4. The SMILES string of the molecule is C=C(CCO)C(=O)OC[C@@H]1OC[C@H](OC(=O)C(=C)CCO[C@@H]2O[C@H](COC(=O)C(=C)CCO)[C@@H](O)[C@H](O)[C@H]2O)[C@H](O)[C@H]1O. The van der Waals surface area contributed by atoms with Gasteiger partial charge in [0.05, 0.1) is 13.2 Å². The van der Waals surface area contributed by atoms with Gasteiger partial charge in [-0.15, -0.1) is 0 Å². The second-order valence-corrected chi connectivity index (χ2v) is 9.89. The molecule has 16 heteroatoms. The highest BCUT2D eigenvalue weighted by Crippen LogP contribution is 2.24. The lowest BCUT2D eigenvalue weighted by atomic mass is 9.99. The van der Waals surface area contributed by atoms with Gasteiger partial charge in [0.1, 0.15) is 55.9 Å². The molecule has 43 heavy (non-hydrogen) atoms. The number of hydrogen-bond donors (Lipinski definition) is 7. The number of rotatable bonds is 16. The number of carbonyl (C=O) groups is 3. The standard InChI is InChI=1S/C27H40O16/c1-13(4-7-28)24(35)40-10-16-19(30)20(31)17(11-39-16)42-26(37)15(3)6-9-38-27-23(34)22(33)21(32)18(43-27)12-41-25(36)14(2)5-8-29/h16-23,27-34H,1-12H2/t16-,17-,18+,19-,20-,21+,22-,23+,27+/m0/s1. The summed E-state index contributed by atoms with van der Waals surface area (Å²) in [7, 11) is 0. The minimum atomic E-state index is -1.72. The zero-order valence-electron chi connectivity index (χ0n) is 23.5. The van der Waals surface area contributed by atoms with Crippen molar-refractivity contribution in [1.29, 1.82) is 0 Å². The second kappa shape index (κ2) is 17.5. The largest absolute Gasteiger partial charge is 0.459 e. The minimum Gasteiger partial charge on any atom is -0.459 e. The third kappa shape index (κ3) is 10.4. The van der Waals surface area contributed by atoms with Crippen molar-refractivity contribution in [3.05, 3.63) is 36.5 Å². The Morgan fingerprint density at radius 3 is 1.74 bits per heavy atom. The van der Waals surface area contributed by atoms with Crippen molar-refractivity contribution in [2.75, 3.05) is 39.6 Å². The van der Waals surface area contributed by atoms with Crippen LogP contribution in [0.3, 0.4) is 0 Å². The molecule has 0 aromatic rings. The molecule has 2 aliphatic heterocycles. The van der Waals surface area contributed by atoms with Crippen LogP contribution in [0.25, 0.3) is 0 Å². The molecule has 0 unspecified atom stereocenters. The van der Waals surface area contributed by atoms with Crippen LogP contribution in [0.4, 0.5) is 0 Å². The van der Waals surface area contributed by atoms with Crippen molar-refractivity contribution in [3.8, 4) is 0 Å². The Kier molecular flexibility index (Phi) is 14.8. The van der Waals surface area contributed by atoms with E-state index in [4.69, 9.17) is 38.6 Å². The number of aliphatic hydroxyl groups excluding tert-OH is 7. The van der Waals surface area contributed by atoms with Crippen molar-refractivity contribution < 1.29 is 78.6 Å². The van der Waals surface area contributed by atoms with Crippen LogP contribution in [-0.4, -0.2) is 148 Å². The Labute approximate surface area is 247 Å². The maximum Gasteiger partial charge on any atom is 0.333 e. The molecule has 2 heterocycles. The van der Waals surface area contributed by atoms with E-state index in [0.717, 1.165) is 0 Å². The highest BCUT2D eigenvalue weighted by atomic mass is 16.7. The zero-order chi connectivity index (χ0) is 32.3. The first-order valence-corrected chi connectivity index (χ1v) is 13.4. The normalized spacial score (nSPS) is 30.6. The van der Waals surface area contributed by atoms with Gasteiger partial charge in [0, 0.05) is 49.2 Å². The molecule has 0 aromatic heterocycles. The molecule has 0 saturated carbocycles. The molecule has 2 rings (SSSR count). The number of carbonyl (C=O) groups excluding carboxylic acids is 3. The summed E-state index contributed by atoms with van der Waals surface area (Å²) in [6, 6.07) is 0. The van der Waals surface area contributed by atoms with Crippen LogP contribution < -0.4 is 0 Å². The highest BCUT2D eigenvalue weighted by molar-refractivity contribution is 5.88. The molecule has 9 atom stereocenters. The lowest BCUT2D eigenvalue weighted by Gasteiger charge is -2.40. The Morgan fingerprint density at radius 2 is 1.19 bits per heavy atom. The molecule has 0 spiro atoms. The van der Waals surface area contributed by atoms with Crippen LogP contribution in [0, 0.1) is 0 Å². The van der Waals surface area contributed by atoms with E-state index in [1.807, 2.05) is 0 Å². The lowest BCUT2D eigenvalue weighted by molar-refractivity contribution is -0.301. The van der Waals surface area contributed by atoms with E-state index < -0.39 is 86.2 Å². The van der Waals surface area contributed by atoms with E-state index in [-0.39, 0.29) is 62.4 Å². The quantitative estimate of drug-likeness (QED) is 0.0508. The Hall–Kier alpha value is -2.77. The van der Waals surface area contributed by atoms with Gasteiger partial charge in [0.2, 0.25) is 0 Å². The van der Waals surface area contributed by atoms with Crippen molar-refractivity contribution in [2.45, 2.75) is 74.4 Å². The molecule has 0 aromatic carbocycles. The van der Waals surface area contributed by atoms with Crippen molar-refractivity contribution >= 4 is 17.9 Å². The van der Waals surface area contributed by atoms with Gasteiger partial charge in [0.15, 0.2) is 12.4 Å². The fraction of sp³-hybridized carbons (Fsp3) is 0.667. The van der Waals surface area contributed by atoms with Crippen molar-refractivity contribution in [1.82, 2.24) is 0 Å². The predicted molar refractivity (Wildman–Crippen MR) is 142 cm³/mol. The summed E-state index contributed by atoms with van der Waals surface area (Å²) in [5, 5.41) is 69.0. The molecule has 16 nitrogen and oxygen atoms in total. The number of aliphatic hydroxyl groups is 7. The third-order valence-electron chi connectivity index (χ3n) is 6.65. The molecule has 0 radical (unpaired) electrons. The summed E-state index contributed by atoms with van der Waals surface area (Å²) >= 11 is 0. The summed E-state index contributed by atoms with van der Waals surface area (Å²) in [5.74, 6) is -2.61. The van der Waals surface area contributed by atoms with E-state index in [9.17, 15) is 39.9 Å². The maximum absolute atomic E-state index is 12.5. The van der Waals surface area contributed by atoms with Gasteiger partial charge in [-0.25, -0.2) is 14.4 Å². The van der Waals surface area contributed by atoms with Gasteiger partial charge in [0.25, 0.3) is 0 Å². The van der Waals surface area contributed by atoms with Crippen LogP contribution in [0.2, 0.25) is 0 Å². The molecule has 2 fully saturated rings. The fourth-order valence-electron chi connectivity index (χ4n) is 3.91. The summed E-state index contributed by atoms with van der Waals surface area (Å²) in [4.78, 5) is 36.2. The predicted octanol–water partition coefficient (Wildman–Crippen LogP) is -3.25. The molecular weight excluding hydrogens is 580 g/mol. The van der Waals surface area contributed by atoms with Gasteiger partial charge in [-0.1, -0.05) is 19.7 Å². The second-order valence-electron chi connectivity index (χ2n) is 9.89. The highest BCUT2D eigenvalue weighted by Gasteiger charge is 2.45. The zero-order valence-corrected chi connectivity index (χ0v) is 23.5. The minimum absolute atomic E-state index is 0.00298. The molecule has 244 valence electrons. The van der Waals surface area contributed by atoms with Gasteiger partial charge < -0.3 is 64.2 Å². The number of hydrogen-bond acceptors (Lipinski definition) is 16. The van der Waals surface area contributed by atoms with Gasteiger partial charge in [-0.05, 0) is 0 Å². The molecule has 0 aliphatic carbocycles. The fourth-order valence-corrected chi connectivity index (χ4v) is 3.91. The first kappa shape index (κ1) is 36.4. The van der Waals surface area contributed by atoms with Crippen LogP contribution in [0.1, 0.15) is 19.3 Å². The molecule has 0 amide bonds. The van der Waals surface area contributed by atoms with E-state index >= 15 is 0 Å². The monoisotopic (exact) mass is 620 g/mol. The molecule has 0 bridgehead atoms. The Morgan fingerprint density at radius 1 is 0.674 bits per heavy atom. The van der Waals surface area contributed by atoms with Crippen LogP contribution >= 0.6 is 0 Å². The van der Waals surface area contributed by atoms with Gasteiger partial charge in [-0.3, -0.25) is 0 Å². The van der Waals surface area contributed by atoms with Crippen LogP contribution in [-0.2, 0) is 42.8 Å².